The van der Waals surface area contributed by atoms with Crippen molar-refractivity contribution in [1.82, 2.24) is 4.90 Å². The Morgan fingerprint density at radius 2 is 2.07 bits per heavy atom. The normalized spacial score (nSPS) is 27.0. The fraction of sp³-hybridized carbons (Fsp3) is 0.750. The summed E-state index contributed by atoms with van der Waals surface area (Å²) in [5.41, 5.74) is 1.33. The van der Waals surface area contributed by atoms with Crippen LogP contribution in [0.1, 0.15) is 41.0 Å². The van der Waals surface area contributed by atoms with Gasteiger partial charge in [0.15, 0.2) is 0 Å². The average molecular weight is 194 g/mol. The Bertz CT molecular complexity index is 253. The number of hydrogen-bond donors (Lipinski definition) is 0. The molecule has 0 aromatic rings. The fourth-order valence-corrected chi connectivity index (χ4v) is 2.41. The summed E-state index contributed by atoms with van der Waals surface area (Å²) in [7, 11) is 0. The molecular weight excluding hydrogens is 172 g/mol. The Balaban J connectivity index is 3.07. The lowest BCUT2D eigenvalue weighted by Gasteiger charge is -2.46. The summed E-state index contributed by atoms with van der Waals surface area (Å²) in [4.78, 5) is 7.12. The van der Waals surface area contributed by atoms with E-state index in [2.05, 4.69) is 45.6 Å². The minimum Gasteiger partial charge on any atom is -0.351 e. The molecule has 0 fully saturated rings. The zero-order valence-electron chi connectivity index (χ0n) is 10.0. The Hall–Kier alpha value is -0.790. The lowest BCUT2D eigenvalue weighted by molar-refractivity contribution is 0.0838. The van der Waals surface area contributed by atoms with Crippen LogP contribution in [-0.2, 0) is 0 Å². The molecule has 0 N–H and O–H groups in total. The van der Waals surface area contributed by atoms with Gasteiger partial charge in [-0.15, -0.1) is 0 Å². The van der Waals surface area contributed by atoms with Gasteiger partial charge in [0.2, 0.25) is 0 Å². The van der Waals surface area contributed by atoms with Gasteiger partial charge in [0.1, 0.15) is 5.66 Å². The highest BCUT2D eigenvalue weighted by Crippen LogP contribution is 2.34. The molecule has 0 bridgehead atoms. The molecule has 14 heavy (non-hydrogen) atoms. The van der Waals surface area contributed by atoms with E-state index < -0.39 is 0 Å². The predicted molar refractivity (Wildman–Crippen MR) is 62.5 cm³/mol. The summed E-state index contributed by atoms with van der Waals surface area (Å²) >= 11 is 0. The first kappa shape index (κ1) is 11.3. The third-order valence-electron chi connectivity index (χ3n) is 3.27. The second-order valence-electron chi connectivity index (χ2n) is 4.22. The average Bonchev–Trinajstić information content (AvgIpc) is 2.16. The molecular formula is C12H22N2. The minimum absolute atomic E-state index is 0.00637. The smallest absolute Gasteiger partial charge is 0.133 e. The molecule has 0 saturated carbocycles. The van der Waals surface area contributed by atoms with Crippen molar-refractivity contribution in [2.24, 2.45) is 10.9 Å². The maximum atomic E-state index is 4.71. The van der Waals surface area contributed by atoms with Crippen molar-refractivity contribution in [3.8, 4) is 0 Å². The highest BCUT2D eigenvalue weighted by Gasteiger charge is 2.37. The van der Waals surface area contributed by atoms with Crippen molar-refractivity contribution in [3.05, 3.63) is 11.8 Å². The first-order valence-electron chi connectivity index (χ1n) is 5.58. The van der Waals surface area contributed by atoms with Crippen LogP contribution in [0.25, 0.3) is 0 Å². The summed E-state index contributed by atoms with van der Waals surface area (Å²) in [5, 5.41) is 0. The van der Waals surface area contributed by atoms with E-state index in [1.807, 2.05) is 6.21 Å². The first-order valence-corrected chi connectivity index (χ1v) is 5.58. The number of hydrogen-bond acceptors (Lipinski definition) is 2. The van der Waals surface area contributed by atoms with E-state index in [1.165, 1.54) is 5.70 Å². The van der Waals surface area contributed by atoms with Gasteiger partial charge in [-0.3, -0.25) is 4.99 Å². The molecule has 1 atom stereocenters. The molecule has 80 valence electrons. The Morgan fingerprint density at radius 1 is 1.43 bits per heavy atom. The van der Waals surface area contributed by atoms with E-state index >= 15 is 0 Å². The zero-order chi connectivity index (χ0) is 10.8. The minimum atomic E-state index is -0.00637. The van der Waals surface area contributed by atoms with Crippen molar-refractivity contribution in [2.45, 2.75) is 46.7 Å². The molecule has 1 rings (SSSR count). The van der Waals surface area contributed by atoms with Crippen molar-refractivity contribution < 1.29 is 0 Å². The lowest BCUT2D eigenvalue weighted by atomic mass is 9.90. The van der Waals surface area contributed by atoms with E-state index in [4.69, 9.17) is 4.99 Å². The van der Waals surface area contributed by atoms with Gasteiger partial charge in [-0.05, 0) is 32.3 Å². The second-order valence-corrected chi connectivity index (χ2v) is 4.22. The molecule has 0 saturated heterocycles. The molecule has 0 aromatic carbocycles. The molecule has 2 heteroatoms. The summed E-state index contributed by atoms with van der Waals surface area (Å²) in [6.45, 7) is 12.1. The van der Waals surface area contributed by atoms with E-state index in [1.54, 1.807) is 0 Å². The number of rotatable bonds is 3. The first-order chi connectivity index (χ1) is 6.58. The van der Waals surface area contributed by atoms with Gasteiger partial charge in [0.25, 0.3) is 0 Å². The molecule has 0 spiro atoms. The van der Waals surface area contributed by atoms with Crippen LogP contribution in [0.15, 0.2) is 16.8 Å². The van der Waals surface area contributed by atoms with E-state index in [-0.39, 0.29) is 5.66 Å². The fourth-order valence-electron chi connectivity index (χ4n) is 2.41. The molecule has 1 heterocycles. The van der Waals surface area contributed by atoms with Crippen LogP contribution in [0.2, 0.25) is 0 Å². The van der Waals surface area contributed by atoms with Crippen LogP contribution in [-0.4, -0.2) is 23.3 Å². The van der Waals surface area contributed by atoms with Crippen LogP contribution in [0, 0.1) is 5.92 Å². The SMILES string of the molecule is CCN1C(C)=CC=NC1(CC)C(C)C. The Morgan fingerprint density at radius 3 is 2.43 bits per heavy atom. The number of allylic oxidation sites excluding steroid dienone is 2. The maximum absolute atomic E-state index is 4.71. The van der Waals surface area contributed by atoms with Gasteiger partial charge >= 0.3 is 0 Å². The van der Waals surface area contributed by atoms with Gasteiger partial charge < -0.3 is 4.90 Å². The van der Waals surface area contributed by atoms with E-state index in [9.17, 15) is 0 Å². The topological polar surface area (TPSA) is 15.6 Å². The van der Waals surface area contributed by atoms with Crippen molar-refractivity contribution in [2.75, 3.05) is 6.54 Å². The highest BCUT2D eigenvalue weighted by atomic mass is 15.3. The van der Waals surface area contributed by atoms with Gasteiger partial charge in [-0.1, -0.05) is 20.8 Å². The Labute approximate surface area is 87.7 Å². The molecule has 0 aromatic heterocycles. The van der Waals surface area contributed by atoms with Gasteiger partial charge in [0.05, 0.1) is 0 Å². The van der Waals surface area contributed by atoms with Gasteiger partial charge in [-0.25, -0.2) is 0 Å². The van der Waals surface area contributed by atoms with Crippen molar-refractivity contribution in [3.63, 3.8) is 0 Å². The predicted octanol–water partition coefficient (Wildman–Crippen LogP) is 3.06. The third kappa shape index (κ3) is 1.58. The summed E-state index contributed by atoms with van der Waals surface area (Å²) in [6.07, 6.45) is 5.13. The maximum Gasteiger partial charge on any atom is 0.133 e. The standard InChI is InChI=1S/C12H22N2/c1-6-12(10(3)4)13-9-8-11(5)14(12)7-2/h8-10H,6-7H2,1-5H3. The van der Waals surface area contributed by atoms with Crippen LogP contribution >= 0.6 is 0 Å². The van der Waals surface area contributed by atoms with Gasteiger partial charge in [-0.2, -0.15) is 0 Å². The van der Waals surface area contributed by atoms with Crippen LogP contribution < -0.4 is 0 Å². The zero-order valence-corrected chi connectivity index (χ0v) is 10.0. The Kier molecular flexibility index (Phi) is 3.35. The summed E-state index contributed by atoms with van der Waals surface area (Å²) in [6, 6.07) is 0. The highest BCUT2D eigenvalue weighted by molar-refractivity contribution is 5.73. The molecule has 1 aliphatic heterocycles. The molecule has 0 amide bonds. The van der Waals surface area contributed by atoms with E-state index in [0.717, 1.165) is 13.0 Å². The van der Waals surface area contributed by atoms with Crippen LogP contribution in [0.4, 0.5) is 0 Å². The quantitative estimate of drug-likeness (QED) is 0.674. The number of nitrogens with zero attached hydrogens (tertiary/aromatic N) is 2. The molecule has 0 radical (unpaired) electrons. The molecule has 2 nitrogen and oxygen atoms in total. The molecule has 1 aliphatic rings. The molecule has 0 aliphatic carbocycles. The monoisotopic (exact) mass is 194 g/mol. The largest absolute Gasteiger partial charge is 0.351 e. The summed E-state index contributed by atoms with van der Waals surface area (Å²) < 4.78 is 0. The van der Waals surface area contributed by atoms with Crippen LogP contribution in [0.3, 0.4) is 0 Å². The van der Waals surface area contributed by atoms with Crippen LogP contribution in [0.5, 0.6) is 0 Å². The third-order valence-corrected chi connectivity index (χ3v) is 3.27. The van der Waals surface area contributed by atoms with Gasteiger partial charge in [0, 0.05) is 18.5 Å². The second kappa shape index (κ2) is 4.16. The summed E-state index contributed by atoms with van der Waals surface area (Å²) in [5.74, 6) is 0.548. The van der Waals surface area contributed by atoms with Crippen molar-refractivity contribution >= 4 is 6.21 Å². The lowest BCUT2D eigenvalue weighted by Crippen LogP contribution is -2.51. The van der Waals surface area contributed by atoms with Crippen molar-refractivity contribution in [1.29, 1.82) is 0 Å². The number of aliphatic imine (C=N–C) groups is 1. The molecule has 1 unspecified atom stereocenters. The van der Waals surface area contributed by atoms with E-state index in [0.29, 0.717) is 5.92 Å².